The minimum atomic E-state index is 0.0217. The van der Waals surface area contributed by atoms with Gasteiger partial charge in [-0.15, -0.1) is 0 Å². The first-order valence-electron chi connectivity index (χ1n) is 4.59. The van der Waals surface area contributed by atoms with Gasteiger partial charge >= 0.3 is 5.97 Å². The highest BCUT2D eigenvalue weighted by atomic mass is 32.2. The predicted molar refractivity (Wildman–Crippen MR) is 51.3 cm³/mol. The average Bonchev–Trinajstić information content (AvgIpc) is 2.56. The molecule has 70 valence electrons. The summed E-state index contributed by atoms with van der Waals surface area (Å²) in [4.78, 5) is 11.3. The van der Waals surface area contributed by atoms with Crippen LogP contribution >= 0.6 is 11.8 Å². The van der Waals surface area contributed by atoms with Gasteiger partial charge in [0, 0.05) is 5.75 Å². The van der Waals surface area contributed by atoms with Crippen LogP contribution in [0, 0.1) is 5.92 Å². The van der Waals surface area contributed by atoms with E-state index in [9.17, 15) is 4.79 Å². The maximum atomic E-state index is 11.3. The molecule has 1 unspecified atom stereocenters. The van der Waals surface area contributed by atoms with Gasteiger partial charge in [0.15, 0.2) is 0 Å². The Kier molecular flexibility index (Phi) is 4.51. The quantitative estimate of drug-likeness (QED) is 0.499. The molecule has 0 spiro atoms. The van der Waals surface area contributed by atoms with Crippen LogP contribution in [0.15, 0.2) is 0 Å². The molecule has 1 rings (SSSR count). The lowest BCUT2D eigenvalue weighted by Crippen LogP contribution is -2.17. The van der Waals surface area contributed by atoms with E-state index >= 15 is 0 Å². The molecule has 0 aliphatic carbocycles. The van der Waals surface area contributed by atoms with E-state index in [-0.39, 0.29) is 11.9 Å². The maximum Gasteiger partial charge on any atom is 0.309 e. The topological polar surface area (TPSA) is 26.3 Å². The van der Waals surface area contributed by atoms with Crippen molar-refractivity contribution in [2.45, 2.75) is 26.2 Å². The van der Waals surface area contributed by atoms with Gasteiger partial charge in [-0.05, 0) is 18.6 Å². The van der Waals surface area contributed by atoms with Gasteiger partial charge in [0.25, 0.3) is 0 Å². The van der Waals surface area contributed by atoms with Gasteiger partial charge in [-0.2, -0.15) is 11.8 Å². The van der Waals surface area contributed by atoms with Crippen LogP contribution in [0.5, 0.6) is 0 Å². The van der Waals surface area contributed by atoms with Crippen molar-refractivity contribution < 1.29 is 9.53 Å². The third-order valence-corrected chi connectivity index (χ3v) is 3.17. The highest BCUT2D eigenvalue weighted by Gasteiger charge is 2.24. The summed E-state index contributed by atoms with van der Waals surface area (Å²) < 4.78 is 5.11. The zero-order chi connectivity index (χ0) is 8.81. The molecule has 1 aliphatic heterocycles. The first-order valence-corrected chi connectivity index (χ1v) is 5.74. The number of ether oxygens (including phenoxy) is 1. The molecule has 1 saturated heterocycles. The highest BCUT2D eigenvalue weighted by Crippen LogP contribution is 2.24. The van der Waals surface area contributed by atoms with Crippen molar-refractivity contribution in [1.29, 1.82) is 0 Å². The van der Waals surface area contributed by atoms with Crippen molar-refractivity contribution >= 4 is 17.7 Å². The average molecular weight is 188 g/mol. The fourth-order valence-corrected chi connectivity index (χ4v) is 2.36. The van der Waals surface area contributed by atoms with Crippen LogP contribution in [-0.4, -0.2) is 24.1 Å². The van der Waals surface area contributed by atoms with Gasteiger partial charge in [0.2, 0.25) is 0 Å². The van der Waals surface area contributed by atoms with Crippen molar-refractivity contribution in [3.8, 4) is 0 Å². The number of hydrogen-bond donors (Lipinski definition) is 0. The fraction of sp³-hybridized carbons (Fsp3) is 0.889. The van der Waals surface area contributed by atoms with E-state index in [4.69, 9.17) is 4.74 Å². The zero-order valence-electron chi connectivity index (χ0n) is 7.54. The molecule has 0 aromatic heterocycles. The summed E-state index contributed by atoms with van der Waals surface area (Å²) in [5, 5.41) is 0. The second kappa shape index (κ2) is 5.46. The van der Waals surface area contributed by atoms with E-state index < -0.39 is 0 Å². The summed E-state index contributed by atoms with van der Waals surface area (Å²) >= 11 is 1.85. The van der Waals surface area contributed by atoms with E-state index in [1.165, 1.54) is 0 Å². The van der Waals surface area contributed by atoms with E-state index in [2.05, 4.69) is 6.92 Å². The summed E-state index contributed by atoms with van der Waals surface area (Å²) in [6.45, 7) is 2.70. The van der Waals surface area contributed by atoms with Crippen molar-refractivity contribution in [1.82, 2.24) is 0 Å². The summed E-state index contributed by atoms with van der Waals surface area (Å²) in [5.74, 6) is 2.29. The molecule has 0 aromatic carbocycles. The molecule has 2 nitrogen and oxygen atoms in total. The number of unbranched alkanes of at least 4 members (excludes halogenated alkanes) is 1. The summed E-state index contributed by atoms with van der Waals surface area (Å²) in [7, 11) is 0. The molecule has 0 bridgehead atoms. The Bertz CT molecular complexity index is 141. The third-order valence-electron chi connectivity index (χ3n) is 2.01. The third kappa shape index (κ3) is 3.05. The van der Waals surface area contributed by atoms with Crippen molar-refractivity contribution in [2.24, 2.45) is 5.92 Å². The minimum Gasteiger partial charge on any atom is -0.465 e. The highest BCUT2D eigenvalue weighted by molar-refractivity contribution is 7.99. The number of esters is 1. The van der Waals surface area contributed by atoms with Gasteiger partial charge in [-0.25, -0.2) is 0 Å². The second-order valence-electron chi connectivity index (χ2n) is 3.08. The van der Waals surface area contributed by atoms with Crippen molar-refractivity contribution in [2.75, 3.05) is 18.1 Å². The van der Waals surface area contributed by atoms with Crippen LogP contribution in [0.3, 0.4) is 0 Å². The first kappa shape index (κ1) is 9.90. The Morgan fingerprint density at radius 2 is 2.50 bits per heavy atom. The number of thioether (sulfide) groups is 1. The molecule has 0 amide bonds. The van der Waals surface area contributed by atoms with E-state index in [1.807, 2.05) is 11.8 Å². The molecule has 1 aliphatic rings. The molecule has 0 aromatic rings. The van der Waals surface area contributed by atoms with Crippen LogP contribution in [-0.2, 0) is 9.53 Å². The fourth-order valence-electron chi connectivity index (χ4n) is 1.16. The second-order valence-corrected chi connectivity index (χ2v) is 4.23. The van der Waals surface area contributed by atoms with Gasteiger partial charge in [0.1, 0.15) is 0 Å². The molecule has 1 heterocycles. The Hall–Kier alpha value is -0.180. The van der Waals surface area contributed by atoms with Gasteiger partial charge < -0.3 is 4.74 Å². The van der Waals surface area contributed by atoms with E-state index in [0.29, 0.717) is 6.61 Å². The maximum absolute atomic E-state index is 11.3. The normalized spacial score (nSPS) is 22.6. The lowest BCUT2D eigenvalue weighted by atomic mass is 10.1. The Morgan fingerprint density at radius 3 is 3.08 bits per heavy atom. The first-order chi connectivity index (χ1) is 5.84. The Labute approximate surface area is 78.1 Å². The van der Waals surface area contributed by atoms with Crippen molar-refractivity contribution in [3.63, 3.8) is 0 Å². The van der Waals surface area contributed by atoms with E-state index in [1.54, 1.807) is 0 Å². The zero-order valence-corrected chi connectivity index (χ0v) is 8.36. The molecule has 1 fully saturated rings. The Balaban J connectivity index is 2.10. The van der Waals surface area contributed by atoms with Crippen LogP contribution in [0.1, 0.15) is 26.2 Å². The van der Waals surface area contributed by atoms with E-state index in [0.717, 1.165) is 30.8 Å². The van der Waals surface area contributed by atoms with Crippen LogP contribution in [0.25, 0.3) is 0 Å². The molecule has 12 heavy (non-hydrogen) atoms. The summed E-state index contributed by atoms with van der Waals surface area (Å²) in [5.41, 5.74) is 0. The minimum absolute atomic E-state index is 0.0217. The standard InChI is InChI=1S/C9H16O2S/c1-2-3-5-11-9(10)8-4-6-12-7-8/h8H,2-7H2,1H3. The monoisotopic (exact) mass is 188 g/mol. The molecule has 1 atom stereocenters. The molecule has 0 saturated carbocycles. The Morgan fingerprint density at radius 1 is 1.67 bits per heavy atom. The molecule has 3 heteroatoms. The van der Waals surface area contributed by atoms with Crippen LogP contribution < -0.4 is 0 Å². The van der Waals surface area contributed by atoms with Crippen molar-refractivity contribution in [3.05, 3.63) is 0 Å². The van der Waals surface area contributed by atoms with Gasteiger partial charge in [-0.3, -0.25) is 4.79 Å². The van der Waals surface area contributed by atoms with Crippen LogP contribution in [0.2, 0.25) is 0 Å². The smallest absolute Gasteiger partial charge is 0.309 e. The summed E-state index contributed by atoms with van der Waals surface area (Å²) in [6, 6.07) is 0. The van der Waals surface area contributed by atoms with Gasteiger partial charge in [0.05, 0.1) is 12.5 Å². The molecule has 0 radical (unpaired) electrons. The predicted octanol–water partition coefficient (Wildman–Crippen LogP) is 2.08. The van der Waals surface area contributed by atoms with Crippen LogP contribution in [0.4, 0.5) is 0 Å². The largest absolute Gasteiger partial charge is 0.465 e. The van der Waals surface area contributed by atoms with Gasteiger partial charge in [-0.1, -0.05) is 13.3 Å². The SMILES string of the molecule is CCCCOC(=O)C1CCSC1. The number of carbonyl (C=O) groups excluding carboxylic acids is 1. The number of rotatable bonds is 4. The summed E-state index contributed by atoms with van der Waals surface area (Å²) in [6.07, 6.45) is 3.09. The molecular formula is C9H16O2S. The molecular weight excluding hydrogens is 172 g/mol. The lowest BCUT2D eigenvalue weighted by Gasteiger charge is -2.07. The lowest BCUT2D eigenvalue weighted by molar-refractivity contribution is -0.147. The number of carbonyl (C=O) groups is 1. The molecule has 0 N–H and O–H groups in total. The number of hydrogen-bond acceptors (Lipinski definition) is 3.